The maximum absolute atomic E-state index is 12.9. The molecule has 1 N–H and O–H groups in total. The summed E-state index contributed by atoms with van der Waals surface area (Å²) in [4.78, 5) is 30.0. The highest BCUT2D eigenvalue weighted by molar-refractivity contribution is 5.92. The van der Waals surface area contributed by atoms with E-state index in [4.69, 9.17) is 0 Å². The summed E-state index contributed by atoms with van der Waals surface area (Å²) in [6.45, 7) is 1.82. The van der Waals surface area contributed by atoms with Gasteiger partial charge in [-0.2, -0.15) is 0 Å². The lowest BCUT2D eigenvalue weighted by molar-refractivity contribution is -0.115. The van der Waals surface area contributed by atoms with E-state index in [0.717, 1.165) is 24.1 Å². The van der Waals surface area contributed by atoms with Gasteiger partial charge in [0.1, 0.15) is 5.82 Å². The molecule has 0 saturated heterocycles. The number of nitrogens with zero attached hydrogens (tertiary/aromatic N) is 2. The molecule has 1 aliphatic carbocycles. The summed E-state index contributed by atoms with van der Waals surface area (Å²) in [6.07, 6.45) is 3.80. The Morgan fingerprint density at radius 1 is 1.00 bits per heavy atom. The van der Waals surface area contributed by atoms with Crippen molar-refractivity contribution in [1.82, 2.24) is 9.55 Å². The molecule has 5 nitrogen and oxygen atoms in total. The van der Waals surface area contributed by atoms with Gasteiger partial charge in [-0.15, -0.1) is 0 Å². The molecule has 0 spiro atoms. The van der Waals surface area contributed by atoms with E-state index in [1.54, 1.807) is 10.6 Å². The zero-order valence-corrected chi connectivity index (χ0v) is 17.4. The minimum Gasteiger partial charge on any atom is -0.326 e. The van der Waals surface area contributed by atoms with Gasteiger partial charge in [0.25, 0.3) is 5.56 Å². The van der Waals surface area contributed by atoms with Gasteiger partial charge in [-0.25, -0.2) is 4.98 Å². The average molecular weight is 409 g/mol. The molecular weight excluding hydrogens is 386 g/mol. The van der Waals surface area contributed by atoms with Crippen LogP contribution in [-0.4, -0.2) is 15.5 Å². The predicted molar refractivity (Wildman–Crippen MR) is 123 cm³/mol. The molecule has 0 unspecified atom stereocenters. The fourth-order valence-corrected chi connectivity index (χ4v) is 4.37. The molecule has 0 fully saturated rings. The van der Waals surface area contributed by atoms with Crippen LogP contribution in [0, 0.1) is 6.92 Å². The highest BCUT2D eigenvalue weighted by Gasteiger charge is 2.13. The number of amides is 1. The quantitative estimate of drug-likeness (QED) is 0.545. The number of aromatic nitrogens is 2. The third-order valence-corrected chi connectivity index (χ3v) is 5.88. The Bertz CT molecular complexity index is 1350. The van der Waals surface area contributed by atoms with Gasteiger partial charge < -0.3 is 5.32 Å². The normalized spacial score (nSPS) is 12.7. The minimum absolute atomic E-state index is 0.0496. The first kappa shape index (κ1) is 19.2. The minimum atomic E-state index is -0.100. The number of para-hydroxylation sites is 1. The summed E-state index contributed by atoms with van der Waals surface area (Å²) >= 11 is 0. The lowest BCUT2D eigenvalue weighted by atomic mass is 10.0. The molecule has 0 bridgehead atoms. The van der Waals surface area contributed by atoms with Crippen LogP contribution in [-0.2, 0) is 24.1 Å². The number of rotatable bonds is 4. The fourth-order valence-electron chi connectivity index (χ4n) is 4.37. The smallest absolute Gasteiger partial charge is 0.265 e. The van der Waals surface area contributed by atoms with Crippen LogP contribution in [0.15, 0.2) is 71.5 Å². The van der Waals surface area contributed by atoms with Gasteiger partial charge in [0.15, 0.2) is 0 Å². The summed E-state index contributed by atoms with van der Waals surface area (Å²) in [5, 5.41) is 3.54. The van der Waals surface area contributed by atoms with E-state index >= 15 is 0 Å². The summed E-state index contributed by atoms with van der Waals surface area (Å²) in [5.41, 5.74) is 5.84. The number of nitrogens with one attached hydrogen (secondary N) is 1. The first-order valence-corrected chi connectivity index (χ1v) is 10.6. The molecule has 1 amide bonds. The molecule has 4 aromatic rings. The zero-order valence-electron chi connectivity index (χ0n) is 17.4. The van der Waals surface area contributed by atoms with Crippen LogP contribution in [0.2, 0.25) is 0 Å². The van der Waals surface area contributed by atoms with Crippen LogP contribution < -0.4 is 10.9 Å². The van der Waals surface area contributed by atoms with E-state index in [1.807, 2.05) is 49.4 Å². The molecule has 1 heterocycles. The summed E-state index contributed by atoms with van der Waals surface area (Å²) in [6, 6.07) is 21.0. The van der Waals surface area contributed by atoms with E-state index in [-0.39, 0.29) is 11.5 Å². The van der Waals surface area contributed by atoms with Crippen molar-refractivity contribution in [3.05, 3.63) is 99.6 Å². The maximum atomic E-state index is 12.9. The third kappa shape index (κ3) is 3.75. The van der Waals surface area contributed by atoms with Crippen molar-refractivity contribution in [2.75, 3.05) is 5.32 Å². The molecule has 5 rings (SSSR count). The topological polar surface area (TPSA) is 64.0 Å². The summed E-state index contributed by atoms with van der Waals surface area (Å²) in [5.74, 6) is 0.573. The Labute approximate surface area is 180 Å². The monoisotopic (exact) mass is 409 g/mol. The Hall–Kier alpha value is -3.73. The average Bonchev–Trinajstić information content (AvgIpc) is 3.23. The van der Waals surface area contributed by atoms with Gasteiger partial charge in [-0.05, 0) is 79.3 Å². The molecule has 0 radical (unpaired) electrons. The Kier molecular flexibility index (Phi) is 4.86. The van der Waals surface area contributed by atoms with E-state index < -0.39 is 0 Å². The first-order valence-electron chi connectivity index (χ1n) is 10.6. The van der Waals surface area contributed by atoms with Crippen LogP contribution in [0.25, 0.3) is 16.6 Å². The van der Waals surface area contributed by atoms with Gasteiger partial charge in [-0.3, -0.25) is 14.2 Å². The lowest BCUT2D eigenvalue weighted by Gasteiger charge is -2.12. The summed E-state index contributed by atoms with van der Waals surface area (Å²) in [7, 11) is 0. The Balaban J connectivity index is 1.34. The third-order valence-electron chi connectivity index (χ3n) is 5.88. The Morgan fingerprint density at radius 2 is 1.77 bits per heavy atom. The number of carbonyl (C=O) groups is 1. The molecule has 5 heteroatoms. The standard InChI is InChI=1S/C26H23N3O2/c1-17-27-24-8-3-2-7-23(24)26(31)29(17)22-13-11-21(12-14-22)28-25(30)16-18-9-10-19-5-4-6-20(19)15-18/h2-3,7-15H,4-6,16H2,1H3,(H,28,30). The first-order chi connectivity index (χ1) is 15.1. The molecular formula is C26H23N3O2. The van der Waals surface area contributed by atoms with E-state index in [1.165, 1.54) is 17.5 Å². The zero-order chi connectivity index (χ0) is 21.4. The van der Waals surface area contributed by atoms with E-state index in [0.29, 0.717) is 28.8 Å². The van der Waals surface area contributed by atoms with Crippen LogP contribution in [0.3, 0.4) is 0 Å². The molecule has 31 heavy (non-hydrogen) atoms. The second-order valence-corrected chi connectivity index (χ2v) is 8.05. The van der Waals surface area contributed by atoms with Crippen molar-refractivity contribution >= 4 is 22.5 Å². The molecule has 1 aliphatic rings. The van der Waals surface area contributed by atoms with E-state index in [2.05, 4.69) is 28.5 Å². The second kappa shape index (κ2) is 7.84. The van der Waals surface area contributed by atoms with Gasteiger partial charge in [0.05, 0.1) is 23.0 Å². The van der Waals surface area contributed by atoms with Gasteiger partial charge in [0, 0.05) is 5.69 Å². The summed E-state index contributed by atoms with van der Waals surface area (Å²) < 4.78 is 1.60. The molecule has 154 valence electrons. The van der Waals surface area contributed by atoms with Crippen molar-refractivity contribution < 1.29 is 4.79 Å². The molecule has 3 aromatic carbocycles. The maximum Gasteiger partial charge on any atom is 0.265 e. The number of anilines is 1. The van der Waals surface area contributed by atoms with Crippen molar-refractivity contribution in [3.63, 3.8) is 0 Å². The predicted octanol–water partition coefficient (Wildman–Crippen LogP) is 4.36. The van der Waals surface area contributed by atoms with E-state index in [9.17, 15) is 9.59 Å². The van der Waals surface area contributed by atoms with Crippen LogP contribution >= 0.6 is 0 Å². The number of benzene rings is 3. The van der Waals surface area contributed by atoms with Crippen molar-refractivity contribution in [2.24, 2.45) is 0 Å². The SMILES string of the molecule is Cc1nc2ccccc2c(=O)n1-c1ccc(NC(=O)Cc2ccc3c(c2)CCC3)cc1. The molecule has 0 atom stereocenters. The van der Waals surface area contributed by atoms with Crippen LogP contribution in [0.4, 0.5) is 5.69 Å². The number of aryl methyl sites for hydroxylation is 3. The molecule has 0 aliphatic heterocycles. The van der Waals surface area contributed by atoms with Crippen LogP contribution in [0.1, 0.15) is 28.9 Å². The molecule has 0 saturated carbocycles. The number of hydrogen-bond donors (Lipinski definition) is 1. The van der Waals surface area contributed by atoms with Crippen LogP contribution in [0.5, 0.6) is 0 Å². The van der Waals surface area contributed by atoms with Gasteiger partial charge in [0.2, 0.25) is 5.91 Å². The van der Waals surface area contributed by atoms with Crippen molar-refractivity contribution in [3.8, 4) is 5.69 Å². The lowest BCUT2D eigenvalue weighted by Crippen LogP contribution is -2.22. The van der Waals surface area contributed by atoms with Gasteiger partial charge >= 0.3 is 0 Å². The number of hydrogen-bond acceptors (Lipinski definition) is 3. The van der Waals surface area contributed by atoms with Crippen molar-refractivity contribution in [1.29, 1.82) is 0 Å². The highest BCUT2D eigenvalue weighted by Crippen LogP contribution is 2.23. The van der Waals surface area contributed by atoms with Crippen molar-refractivity contribution in [2.45, 2.75) is 32.6 Å². The second-order valence-electron chi connectivity index (χ2n) is 8.05. The fraction of sp³-hybridized carbons (Fsp3) is 0.192. The molecule has 1 aromatic heterocycles. The Morgan fingerprint density at radius 3 is 2.61 bits per heavy atom. The van der Waals surface area contributed by atoms with Gasteiger partial charge in [-0.1, -0.05) is 30.3 Å². The highest BCUT2D eigenvalue weighted by atomic mass is 16.1. The number of fused-ring (bicyclic) bond motifs is 2. The largest absolute Gasteiger partial charge is 0.326 e. The number of carbonyl (C=O) groups excluding carboxylic acids is 1.